The summed E-state index contributed by atoms with van der Waals surface area (Å²) in [5, 5.41) is 2.88. The fourth-order valence-electron chi connectivity index (χ4n) is 1.95. The molecule has 1 aliphatic rings. The third kappa shape index (κ3) is 2.19. The van der Waals surface area contributed by atoms with Gasteiger partial charge in [-0.15, -0.1) is 0 Å². The zero-order chi connectivity index (χ0) is 11.5. The summed E-state index contributed by atoms with van der Waals surface area (Å²) < 4.78 is 0.797. The SMILES string of the molecule is CCC1C(=O)NCCN1c1cccc(Br)n1. The molecule has 0 saturated carbocycles. The standard InChI is InChI=1S/C11H14BrN3O/c1-2-8-11(16)13-6-7-15(8)10-5-3-4-9(12)14-10/h3-5,8H,2,6-7H2,1H3,(H,13,16). The highest BCUT2D eigenvalue weighted by Gasteiger charge is 2.28. The van der Waals surface area contributed by atoms with Crippen molar-refractivity contribution in [3.05, 3.63) is 22.8 Å². The minimum absolute atomic E-state index is 0.0931. The van der Waals surface area contributed by atoms with Crippen LogP contribution in [0.15, 0.2) is 22.8 Å². The van der Waals surface area contributed by atoms with E-state index in [1.807, 2.05) is 25.1 Å². The van der Waals surface area contributed by atoms with Gasteiger partial charge in [0.2, 0.25) is 5.91 Å². The fourth-order valence-corrected chi connectivity index (χ4v) is 2.29. The third-order valence-electron chi connectivity index (χ3n) is 2.71. The first-order valence-corrected chi connectivity index (χ1v) is 6.18. The summed E-state index contributed by atoms with van der Waals surface area (Å²) in [6, 6.07) is 5.65. The Kier molecular flexibility index (Phi) is 3.43. The predicted octanol–water partition coefficient (Wildman–Crippen LogP) is 1.56. The van der Waals surface area contributed by atoms with Gasteiger partial charge in [0.05, 0.1) is 0 Å². The van der Waals surface area contributed by atoms with Crippen molar-refractivity contribution < 1.29 is 4.79 Å². The van der Waals surface area contributed by atoms with E-state index in [4.69, 9.17) is 0 Å². The van der Waals surface area contributed by atoms with E-state index < -0.39 is 0 Å². The number of amides is 1. The Morgan fingerprint density at radius 3 is 3.12 bits per heavy atom. The average Bonchev–Trinajstić information content (AvgIpc) is 2.28. The van der Waals surface area contributed by atoms with Crippen LogP contribution >= 0.6 is 15.9 Å². The maximum Gasteiger partial charge on any atom is 0.242 e. The van der Waals surface area contributed by atoms with Gasteiger partial charge in [-0.05, 0) is 34.5 Å². The van der Waals surface area contributed by atoms with Crippen molar-refractivity contribution in [3.63, 3.8) is 0 Å². The van der Waals surface area contributed by atoms with Crippen LogP contribution < -0.4 is 10.2 Å². The van der Waals surface area contributed by atoms with Crippen molar-refractivity contribution in [2.75, 3.05) is 18.0 Å². The Morgan fingerprint density at radius 2 is 2.44 bits per heavy atom. The molecular formula is C11H14BrN3O. The lowest BCUT2D eigenvalue weighted by Crippen LogP contribution is -2.55. The summed E-state index contributed by atoms with van der Waals surface area (Å²) in [7, 11) is 0. The number of hydrogen-bond acceptors (Lipinski definition) is 3. The lowest BCUT2D eigenvalue weighted by atomic mass is 10.1. The number of carbonyl (C=O) groups is 1. The summed E-state index contributed by atoms with van der Waals surface area (Å²) in [6.07, 6.45) is 0.792. The summed E-state index contributed by atoms with van der Waals surface area (Å²) in [6.45, 7) is 3.51. The van der Waals surface area contributed by atoms with Gasteiger partial charge in [0.1, 0.15) is 16.5 Å². The molecule has 1 unspecified atom stereocenters. The summed E-state index contributed by atoms with van der Waals surface area (Å²) in [5.41, 5.74) is 0. The quantitative estimate of drug-likeness (QED) is 0.838. The molecule has 86 valence electrons. The molecule has 1 aliphatic heterocycles. The van der Waals surface area contributed by atoms with Crippen LogP contribution in [-0.2, 0) is 4.79 Å². The summed E-state index contributed by atoms with van der Waals surface area (Å²) in [4.78, 5) is 18.2. The van der Waals surface area contributed by atoms with E-state index in [1.54, 1.807) is 0 Å². The lowest BCUT2D eigenvalue weighted by molar-refractivity contribution is -0.123. The molecule has 1 fully saturated rings. The van der Waals surface area contributed by atoms with Gasteiger partial charge in [-0.3, -0.25) is 4.79 Å². The Morgan fingerprint density at radius 1 is 1.62 bits per heavy atom. The zero-order valence-electron chi connectivity index (χ0n) is 9.11. The van der Waals surface area contributed by atoms with E-state index in [1.165, 1.54) is 0 Å². The highest BCUT2D eigenvalue weighted by molar-refractivity contribution is 9.10. The molecule has 1 N–H and O–H groups in total. The smallest absolute Gasteiger partial charge is 0.242 e. The first-order chi connectivity index (χ1) is 7.72. The van der Waals surface area contributed by atoms with E-state index >= 15 is 0 Å². The second-order valence-electron chi connectivity index (χ2n) is 3.73. The van der Waals surface area contributed by atoms with E-state index in [9.17, 15) is 4.79 Å². The van der Waals surface area contributed by atoms with Crippen LogP contribution in [-0.4, -0.2) is 30.0 Å². The molecule has 0 bridgehead atoms. The molecule has 4 nitrogen and oxygen atoms in total. The van der Waals surface area contributed by atoms with Crippen LogP contribution in [0.5, 0.6) is 0 Å². The Hall–Kier alpha value is -1.10. The van der Waals surface area contributed by atoms with Gasteiger partial charge < -0.3 is 10.2 Å². The number of carbonyl (C=O) groups excluding carboxylic acids is 1. The molecule has 0 aliphatic carbocycles. The van der Waals surface area contributed by atoms with Crippen LogP contribution in [0.25, 0.3) is 0 Å². The first-order valence-electron chi connectivity index (χ1n) is 5.39. The van der Waals surface area contributed by atoms with Gasteiger partial charge in [-0.25, -0.2) is 4.98 Å². The highest BCUT2D eigenvalue weighted by atomic mass is 79.9. The highest BCUT2D eigenvalue weighted by Crippen LogP contribution is 2.20. The molecular weight excluding hydrogens is 270 g/mol. The van der Waals surface area contributed by atoms with Gasteiger partial charge in [0.15, 0.2) is 0 Å². The normalized spacial score (nSPS) is 20.8. The van der Waals surface area contributed by atoms with Gasteiger partial charge in [-0.2, -0.15) is 0 Å². The number of anilines is 1. The molecule has 5 heteroatoms. The second-order valence-corrected chi connectivity index (χ2v) is 4.54. The van der Waals surface area contributed by atoms with Crippen LogP contribution in [0, 0.1) is 0 Å². The number of rotatable bonds is 2. The van der Waals surface area contributed by atoms with E-state index in [2.05, 4.69) is 31.1 Å². The number of nitrogens with zero attached hydrogens (tertiary/aromatic N) is 2. The topological polar surface area (TPSA) is 45.2 Å². The van der Waals surface area contributed by atoms with Gasteiger partial charge in [0.25, 0.3) is 0 Å². The average molecular weight is 284 g/mol. The molecule has 0 spiro atoms. The molecule has 1 aromatic heterocycles. The Labute approximate surface area is 103 Å². The van der Waals surface area contributed by atoms with Crippen molar-refractivity contribution in [1.29, 1.82) is 0 Å². The molecule has 1 amide bonds. The van der Waals surface area contributed by atoms with E-state index in [-0.39, 0.29) is 11.9 Å². The van der Waals surface area contributed by atoms with Crippen LogP contribution in [0.1, 0.15) is 13.3 Å². The molecule has 0 radical (unpaired) electrons. The largest absolute Gasteiger partial charge is 0.353 e. The van der Waals surface area contributed by atoms with Gasteiger partial charge in [0, 0.05) is 13.1 Å². The minimum atomic E-state index is -0.101. The summed E-state index contributed by atoms with van der Waals surface area (Å²) >= 11 is 3.35. The monoisotopic (exact) mass is 283 g/mol. The van der Waals surface area contributed by atoms with Crippen molar-refractivity contribution in [2.24, 2.45) is 0 Å². The predicted molar refractivity (Wildman–Crippen MR) is 66.4 cm³/mol. The molecule has 2 rings (SSSR count). The number of hydrogen-bond donors (Lipinski definition) is 1. The molecule has 1 aromatic rings. The van der Waals surface area contributed by atoms with Crippen LogP contribution in [0.4, 0.5) is 5.82 Å². The number of pyridine rings is 1. The lowest BCUT2D eigenvalue weighted by Gasteiger charge is -2.35. The number of halogens is 1. The Balaban J connectivity index is 2.27. The Bertz CT molecular complexity index is 397. The maximum atomic E-state index is 11.7. The van der Waals surface area contributed by atoms with Crippen molar-refractivity contribution in [1.82, 2.24) is 10.3 Å². The van der Waals surface area contributed by atoms with Crippen molar-refractivity contribution in [3.8, 4) is 0 Å². The van der Waals surface area contributed by atoms with Gasteiger partial charge >= 0.3 is 0 Å². The molecule has 1 atom stereocenters. The zero-order valence-corrected chi connectivity index (χ0v) is 10.7. The number of piperazine rings is 1. The van der Waals surface area contributed by atoms with Crippen molar-refractivity contribution in [2.45, 2.75) is 19.4 Å². The summed E-state index contributed by atoms with van der Waals surface area (Å²) in [5.74, 6) is 0.951. The number of nitrogens with one attached hydrogen (secondary N) is 1. The van der Waals surface area contributed by atoms with Crippen molar-refractivity contribution >= 4 is 27.7 Å². The first kappa shape index (κ1) is 11.4. The molecule has 0 aromatic carbocycles. The molecule has 16 heavy (non-hydrogen) atoms. The molecule has 2 heterocycles. The van der Waals surface area contributed by atoms with E-state index in [0.29, 0.717) is 6.54 Å². The van der Waals surface area contributed by atoms with Crippen LogP contribution in [0.3, 0.4) is 0 Å². The van der Waals surface area contributed by atoms with E-state index in [0.717, 1.165) is 23.4 Å². The van der Waals surface area contributed by atoms with Crippen LogP contribution in [0.2, 0.25) is 0 Å². The minimum Gasteiger partial charge on any atom is -0.353 e. The number of aromatic nitrogens is 1. The fraction of sp³-hybridized carbons (Fsp3) is 0.455. The second kappa shape index (κ2) is 4.82. The molecule has 1 saturated heterocycles. The van der Waals surface area contributed by atoms with Gasteiger partial charge in [-0.1, -0.05) is 13.0 Å². The maximum absolute atomic E-state index is 11.7. The third-order valence-corrected chi connectivity index (χ3v) is 3.15.